The molecule has 0 amide bonds. The Bertz CT molecular complexity index is 442. The summed E-state index contributed by atoms with van der Waals surface area (Å²) in [6.07, 6.45) is 2.73. The summed E-state index contributed by atoms with van der Waals surface area (Å²) in [6.45, 7) is 3.18. The quantitative estimate of drug-likeness (QED) is 0.705. The van der Waals surface area contributed by atoms with E-state index in [1.54, 1.807) is 7.11 Å². The summed E-state index contributed by atoms with van der Waals surface area (Å²) in [6, 6.07) is 10.2. The summed E-state index contributed by atoms with van der Waals surface area (Å²) in [4.78, 5) is 0. The highest BCUT2D eigenvalue weighted by atomic mass is 16.5. The molecule has 1 unspecified atom stereocenters. The Morgan fingerprint density at radius 2 is 2.15 bits per heavy atom. The fourth-order valence-electron chi connectivity index (χ4n) is 1.90. The molecule has 110 valence electrons. The smallest absolute Gasteiger partial charge is 0.119 e. The zero-order chi connectivity index (χ0) is 14.8. The molecule has 0 saturated heterocycles. The van der Waals surface area contributed by atoms with E-state index in [-0.39, 0.29) is 0 Å². The first-order chi connectivity index (χ1) is 9.63. The number of rotatable bonds is 9. The molecule has 4 heteroatoms. The zero-order valence-corrected chi connectivity index (χ0v) is 12.6. The number of benzene rings is 1. The van der Waals surface area contributed by atoms with Gasteiger partial charge in [0.1, 0.15) is 11.3 Å². The number of methoxy groups -OCH3 is 1. The van der Waals surface area contributed by atoms with Gasteiger partial charge in [0.25, 0.3) is 0 Å². The molecule has 1 rings (SSSR count). The average Bonchev–Trinajstić information content (AvgIpc) is 2.47. The number of hydrogen-bond acceptors (Lipinski definition) is 4. The summed E-state index contributed by atoms with van der Waals surface area (Å²) in [5, 5.41) is 12.1. The SMILES string of the molecule is CNC(C)(C#N)CCCCOc1cccc(COC)c1. The lowest BCUT2D eigenvalue weighted by Gasteiger charge is -2.20. The molecule has 4 nitrogen and oxygen atoms in total. The highest BCUT2D eigenvalue weighted by Crippen LogP contribution is 2.16. The van der Waals surface area contributed by atoms with Gasteiger partial charge in [-0.1, -0.05) is 12.1 Å². The zero-order valence-electron chi connectivity index (χ0n) is 12.6. The topological polar surface area (TPSA) is 54.3 Å². The molecule has 0 saturated carbocycles. The van der Waals surface area contributed by atoms with Crippen LogP contribution in [0.4, 0.5) is 0 Å². The van der Waals surface area contributed by atoms with Crippen molar-refractivity contribution in [2.45, 2.75) is 38.3 Å². The predicted octanol–water partition coefficient (Wildman–Crippen LogP) is 2.88. The monoisotopic (exact) mass is 276 g/mol. The van der Waals surface area contributed by atoms with Crippen LogP contribution in [0.15, 0.2) is 24.3 Å². The maximum Gasteiger partial charge on any atom is 0.119 e. The van der Waals surface area contributed by atoms with Crippen molar-refractivity contribution in [3.63, 3.8) is 0 Å². The Kier molecular flexibility index (Phi) is 7.06. The van der Waals surface area contributed by atoms with E-state index in [2.05, 4.69) is 11.4 Å². The second kappa shape index (κ2) is 8.57. The predicted molar refractivity (Wildman–Crippen MR) is 79.6 cm³/mol. The Morgan fingerprint density at radius 1 is 1.35 bits per heavy atom. The van der Waals surface area contributed by atoms with Crippen LogP contribution in [-0.4, -0.2) is 26.3 Å². The van der Waals surface area contributed by atoms with Crippen LogP contribution >= 0.6 is 0 Å². The summed E-state index contributed by atoms with van der Waals surface area (Å²) in [7, 11) is 3.50. The number of nitrogens with zero attached hydrogens (tertiary/aromatic N) is 1. The number of unbranched alkanes of at least 4 members (excludes halogenated alkanes) is 1. The standard InChI is InChI=1S/C16H24N2O2/c1-16(13-17,18-2)9-4-5-10-20-15-8-6-7-14(11-15)12-19-3/h6-8,11,18H,4-5,9-10,12H2,1-3H3. The first kappa shape index (κ1) is 16.5. The third-order valence-electron chi connectivity index (χ3n) is 3.35. The van der Waals surface area contributed by atoms with E-state index in [1.807, 2.05) is 38.2 Å². The Morgan fingerprint density at radius 3 is 2.80 bits per heavy atom. The van der Waals surface area contributed by atoms with Gasteiger partial charge in [-0.2, -0.15) is 5.26 Å². The summed E-state index contributed by atoms with van der Waals surface area (Å²) in [5.41, 5.74) is 0.676. The molecule has 0 spiro atoms. The van der Waals surface area contributed by atoms with E-state index < -0.39 is 5.54 Å². The van der Waals surface area contributed by atoms with Crippen LogP contribution in [-0.2, 0) is 11.3 Å². The van der Waals surface area contributed by atoms with E-state index in [0.29, 0.717) is 13.2 Å². The van der Waals surface area contributed by atoms with E-state index >= 15 is 0 Å². The Balaban J connectivity index is 2.28. The molecule has 1 N–H and O–H groups in total. The minimum atomic E-state index is -0.432. The van der Waals surface area contributed by atoms with Gasteiger partial charge in [0.05, 0.1) is 19.3 Å². The van der Waals surface area contributed by atoms with Crippen LogP contribution in [0.25, 0.3) is 0 Å². The minimum Gasteiger partial charge on any atom is -0.494 e. The van der Waals surface area contributed by atoms with Crippen LogP contribution in [0.1, 0.15) is 31.7 Å². The van der Waals surface area contributed by atoms with E-state index in [1.165, 1.54) is 0 Å². The number of hydrogen-bond donors (Lipinski definition) is 1. The fourth-order valence-corrected chi connectivity index (χ4v) is 1.90. The third-order valence-corrected chi connectivity index (χ3v) is 3.35. The number of ether oxygens (including phenoxy) is 2. The van der Waals surface area contributed by atoms with Gasteiger partial charge in [-0.15, -0.1) is 0 Å². The van der Waals surface area contributed by atoms with E-state index in [9.17, 15) is 0 Å². The molecule has 1 aromatic carbocycles. The van der Waals surface area contributed by atoms with Crippen molar-refractivity contribution < 1.29 is 9.47 Å². The van der Waals surface area contributed by atoms with Crippen molar-refractivity contribution >= 4 is 0 Å². The van der Waals surface area contributed by atoms with E-state index in [0.717, 1.165) is 30.6 Å². The van der Waals surface area contributed by atoms with Crippen LogP contribution in [0.3, 0.4) is 0 Å². The van der Waals surface area contributed by atoms with Gasteiger partial charge in [0, 0.05) is 7.11 Å². The Hall–Kier alpha value is -1.57. The first-order valence-corrected chi connectivity index (χ1v) is 6.94. The molecule has 0 aliphatic heterocycles. The molecule has 0 aliphatic carbocycles. The third kappa shape index (κ3) is 5.60. The average molecular weight is 276 g/mol. The lowest BCUT2D eigenvalue weighted by atomic mass is 9.97. The van der Waals surface area contributed by atoms with Crippen molar-refractivity contribution in [1.29, 1.82) is 5.26 Å². The van der Waals surface area contributed by atoms with Crippen molar-refractivity contribution in [1.82, 2.24) is 5.32 Å². The Labute approximate surface area is 121 Å². The molecule has 1 aromatic rings. The lowest BCUT2D eigenvalue weighted by molar-refractivity contribution is 0.184. The molecule has 0 heterocycles. The second-order valence-corrected chi connectivity index (χ2v) is 5.08. The molecule has 0 bridgehead atoms. The molecule has 0 aromatic heterocycles. The van der Waals surface area contributed by atoms with Gasteiger partial charge in [-0.05, 0) is 50.9 Å². The van der Waals surface area contributed by atoms with Crippen LogP contribution < -0.4 is 10.1 Å². The van der Waals surface area contributed by atoms with Crippen LogP contribution in [0.2, 0.25) is 0 Å². The van der Waals surface area contributed by atoms with Gasteiger partial charge in [-0.3, -0.25) is 0 Å². The second-order valence-electron chi connectivity index (χ2n) is 5.08. The summed E-state index contributed by atoms with van der Waals surface area (Å²) < 4.78 is 10.8. The molecule has 0 fully saturated rings. The van der Waals surface area contributed by atoms with Crippen molar-refractivity contribution in [3.05, 3.63) is 29.8 Å². The van der Waals surface area contributed by atoms with Gasteiger partial charge in [0.15, 0.2) is 0 Å². The van der Waals surface area contributed by atoms with Gasteiger partial charge < -0.3 is 14.8 Å². The maximum absolute atomic E-state index is 9.05. The summed E-state index contributed by atoms with van der Waals surface area (Å²) in [5.74, 6) is 0.871. The van der Waals surface area contributed by atoms with Gasteiger partial charge in [0.2, 0.25) is 0 Å². The summed E-state index contributed by atoms with van der Waals surface area (Å²) >= 11 is 0. The van der Waals surface area contributed by atoms with Crippen LogP contribution in [0, 0.1) is 11.3 Å². The molecule has 20 heavy (non-hydrogen) atoms. The highest BCUT2D eigenvalue weighted by molar-refractivity contribution is 5.28. The molecule has 0 aliphatic rings. The normalized spacial score (nSPS) is 13.5. The fraction of sp³-hybridized carbons (Fsp3) is 0.562. The molecular weight excluding hydrogens is 252 g/mol. The van der Waals surface area contributed by atoms with Crippen molar-refractivity contribution in [2.24, 2.45) is 0 Å². The van der Waals surface area contributed by atoms with Crippen molar-refractivity contribution in [2.75, 3.05) is 20.8 Å². The number of nitriles is 1. The minimum absolute atomic E-state index is 0.432. The lowest BCUT2D eigenvalue weighted by Crippen LogP contribution is -2.37. The molecule has 1 atom stereocenters. The molecular formula is C16H24N2O2. The largest absolute Gasteiger partial charge is 0.494 e. The van der Waals surface area contributed by atoms with Gasteiger partial charge in [-0.25, -0.2) is 0 Å². The van der Waals surface area contributed by atoms with Crippen molar-refractivity contribution in [3.8, 4) is 11.8 Å². The molecule has 0 radical (unpaired) electrons. The first-order valence-electron chi connectivity index (χ1n) is 6.94. The number of nitrogens with one attached hydrogen (secondary N) is 1. The van der Waals surface area contributed by atoms with E-state index in [4.69, 9.17) is 14.7 Å². The maximum atomic E-state index is 9.05. The highest BCUT2D eigenvalue weighted by Gasteiger charge is 2.19. The van der Waals surface area contributed by atoms with Gasteiger partial charge >= 0.3 is 0 Å². The van der Waals surface area contributed by atoms with Crippen LogP contribution in [0.5, 0.6) is 5.75 Å².